The number of benzene rings is 4. The van der Waals surface area contributed by atoms with Crippen LogP contribution >= 0.6 is 0 Å². The van der Waals surface area contributed by atoms with Gasteiger partial charge in [-0.05, 0) is 49.6 Å². The standard InChI is InChI=1S/C25H21BO2/c1-25(2)23-12-4-3-8-20(23)22-11-6-10-21(24(22)25)19-9-5-7-16-15-17(26(27)28)13-14-18(16)19/h3-15,27-28H,1-2H3. The van der Waals surface area contributed by atoms with E-state index in [2.05, 4.69) is 62.4 Å². The third kappa shape index (κ3) is 2.37. The Hall–Kier alpha value is -2.88. The summed E-state index contributed by atoms with van der Waals surface area (Å²) in [6, 6.07) is 27.1. The van der Waals surface area contributed by atoms with Crippen molar-refractivity contribution in [2.24, 2.45) is 0 Å². The van der Waals surface area contributed by atoms with Gasteiger partial charge in [-0.15, -0.1) is 0 Å². The van der Waals surface area contributed by atoms with Crippen molar-refractivity contribution >= 4 is 23.4 Å². The Labute approximate surface area is 165 Å². The second-order valence-corrected chi connectivity index (χ2v) is 8.06. The molecule has 0 amide bonds. The molecule has 5 rings (SSSR count). The molecule has 0 spiro atoms. The third-order valence-corrected chi connectivity index (χ3v) is 6.07. The van der Waals surface area contributed by atoms with Crippen LogP contribution in [0, 0.1) is 0 Å². The van der Waals surface area contributed by atoms with Gasteiger partial charge in [-0.3, -0.25) is 0 Å². The largest absolute Gasteiger partial charge is 0.488 e. The molecule has 0 saturated heterocycles. The van der Waals surface area contributed by atoms with Crippen LogP contribution in [-0.4, -0.2) is 17.2 Å². The maximum absolute atomic E-state index is 9.52. The zero-order chi connectivity index (χ0) is 19.5. The molecule has 0 bridgehead atoms. The van der Waals surface area contributed by atoms with Crippen molar-refractivity contribution in [1.82, 2.24) is 0 Å². The Kier molecular flexibility index (Phi) is 3.73. The highest BCUT2D eigenvalue weighted by atomic mass is 16.4. The first-order valence-corrected chi connectivity index (χ1v) is 9.61. The second-order valence-electron chi connectivity index (χ2n) is 8.06. The lowest BCUT2D eigenvalue weighted by Gasteiger charge is -2.25. The van der Waals surface area contributed by atoms with Crippen molar-refractivity contribution in [3.8, 4) is 22.3 Å². The highest BCUT2D eigenvalue weighted by Crippen LogP contribution is 2.52. The first-order valence-electron chi connectivity index (χ1n) is 9.61. The van der Waals surface area contributed by atoms with E-state index in [-0.39, 0.29) is 5.41 Å². The smallest absolute Gasteiger partial charge is 0.423 e. The molecule has 1 aliphatic rings. The van der Waals surface area contributed by atoms with Crippen LogP contribution in [0.25, 0.3) is 33.0 Å². The third-order valence-electron chi connectivity index (χ3n) is 6.07. The molecular formula is C25H21BO2. The number of rotatable bonds is 2. The van der Waals surface area contributed by atoms with E-state index in [4.69, 9.17) is 0 Å². The summed E-state index contributed by atoms with van der Waals surface area (Å²) in [5.41, 5.74) is 8.18. The summed E-state index contributed by atoms with van der Waals surface area (Å²) in [6.07, 6.45) is 0. The first kappa shape index (κ1) is 17.2. The molecule has 3 heteroatoms. The van der Waals surface area contributed by atoms with Gasteiger partial charge in [0.25, 0.3) is 0 Å². The Bertz CT molecular complexity index is 1220. The molecule has 0 atom stereocenters. The lowest BCUT2D eigenvalue weighted by molar-refractivity contribution is 0.426. The van der Waals surface area contributed by atoms with Gasteiger partial charge in [-0.25, -0.2) is 0 Å². The first-order chi connectivity index (χ1) is 13.5. The zero-order valence-electron chi connectivity index (χ0n) is 16.0. The highest BCUT2D eigenvalue weighted by molar-refractivity contribution is 6.58. The van der Waals surface area contributed by atoms with Crippen LogP contribution < -0.4 is 5.46 Å². The van der Waals surface area contributed by atoms with Crippen LogP contribution in [0.4, 0.5) is 0 Å². The minimum Gasteiger partial charge on any atom is -0.423 e. The van der Waals surface area contributed by atoms with Gasteiger partial charge in [0, 0.05) is 5.41 Å². The highest BCUT2D eigenvalue weighted by Gasteiger charge is 2.37. The Morgan fingerprint density at radius 1 is 0.679 bits per heavy atom. The predicted octanol–water partition coefficient (Wildman–Crippen LogP) is 4.49. The van der Waals surface area contributed by atoms with E-state index in [0.717, 1.165) is 10.8 Å². The summed E-state index contributed by atoms with van der Waals surface area (Å²) in [5.74, 6) is 0. The molecule has 0 radical (unpaired) electrons. The van der Waals surface area contributed by atoms with Crippen LogP contribution in [0.1, 0.15) is 25.0 Å². The zero-order valence-corrected chi connectivity index (χ0v) is 16.0. The van der Waals surface area contributed by atoms with Gasteiger partial charge >= 0.3 is 7.12 Å². The summed E-state index contributed by atoms with van der Waals surface area (Å²) < 4.78 is 0. The molecule has 2 N–H and O–H groups in total. The molecule has 4 aromatic rings. The molecular weight excluding hydrogens is 343 g/mol. The fourth-order valence-corrected chi connectivity index (χ4v) is 4.77. The van der Waals surface area contributed by atoms with Crippen molar-refractivity contribution < 1.29 is 10.0 Å². The van der Waals surface area contributed by atoms with E-state index in [0.29, 0.717) is 5.46 Å². The second kappa shape index (κ2) is 6.06. The van der Waals surface area contributed by atoms with E-state index >= 15 is 0 Å². The van der Waals surface area contributed by atoms with Gasteiger partial charge in [0.1, 0.15) is 0 Å². The number of fused-ring (bicyclic) bond motifs is 4. The van der Waals surface area contributed by atoms with Crippen LogP contribution in [0.15, 0.2) is 78.9 Å². The molecule has 0 unspecified atom stereocenters. The minimum absolute atomic E-state index is 0.0775. The van der Waals surface area contributed by atoms with Crippen molar-refractivity contribution in [2.45, 2.75) is 19.3 Å². The van der Waals surface area contributed by atoms with E-state index in [1.165, 1.54) is 33.4 Å². The molecule has 1 aliphatic carbocycles. The average molecular weight is 364 g/mol. The van der Waals surface area contributed by atoms with Gasteiger partial charge in [0.2, 0.25) is 0 Å². The maximum Gasteiger partial charge on any atom is 0.488 e. The van der Waals surface area contributed by atoms with E-state index < -0.39 is 7.12 Å². The minimum atomic E-state index is -1.46. The predicted molar refractivity (Wildman–Crippen MR) is 117 cm³/mol. The summed E-state index contributed by atoms with van der Waals surface area (Å²) in [4.78, 5) is 0. The lowest BCUT2D eigenvalue weighted by Crippen LogP contribution is -2.29. The van der Waals surface area contributed by atoms with Gasteiger partial charge in [-0.1, -0.05) is 92.7 Å². The molecule has 28 heavy (non-hydrogen) atoms. The molecule has 0 aliphatic heterocycles. The Morgan fingerprint density at radius 3 is 2.11 bits per heavy atom. The summed E-state index contributed by atoms with van der Waals surface area (Å²) >= 11 is 0. The Balaban J connectivity index is 1.80. The topological polar surface area (TPSA) is 40.5 Å². The van der Waals surface area contributed by atoms with E-state index in [1.54, 1.807) is 6.07 Å². The van der Waals surface area contributed by atoms with Crippen LogP contribution in [0.2, 0.25) is 0 Å². The average Bonchev–Trinajstić information content (AvgIpc) is 2.95. The lowest BCUT2D eigenvalue weighted by atomic mass is 9.77. The molecule has 0 heterocycles. The van der Waals surface area contributed by atoms with Crippen molar-refractivity contribution in [2.75, 3.05) is 0 Å². The fourth-order valence-electron chi connectivity index (χ4n) is 4.77. The maximum atomic E-state index is 9.52. The monoisotopic (exact) mass is 364 g/mol. The van der Waals surface area contributed by atoms with E-state index in [9.17, 15) is 10.0 Å². The van der Waals surface area contributed by atoms with Crippen molar-refractivity contribution in [3.63, 3.8) is 0 Å². The summed E-state index contributed by atoms with van der Waals surface area (Å²) in [5, 5.41) is 21.2. The molecule has 0 saturated carbocycles. The quantitative estimate of drug-likeness (QED) is 0.515. The molecule has 2 nitrogen and oxygen atoms in total. The molecule has 0 fully saturated rings. The molecule has 0 aromatic heterocycles. The molecule has 136 valence electrons. The summed E-state index contributed by atoms with van der Waals surface area (Å²) in [7, 11) is -1.46. The van der Waals surface area contributed by atoms with Crippen LogP contribution in [0.3, 0.4) is 0 Å². The van der Waals surface area contributed by atoms with Crippen LogP contribution in [0.5, 0.6) is 0 Å². The SMILES string of the molecule is CC1(C)c2ccccc2-c2cccc(-c3cccc4cc(B(O)O)ccc34)c21. The van der Waals surface area contributed by atoms with Gasteiger partial charge < -0.3 is 10.0 Å². The van der Waals surface area contributed by atoms with Crippen molar-refractivity contribution in [1.29, 1.82) is 0 Å². The summed E-state index contributed by atoms with van der Waals surface area (Å²) in [6.45, 7) is 4.60. The normalized spacial score (nSPS) is 14.0. The number of hydrogen-bond donors (Lipinski definition) is 2. The van der Waals surface area contributed by atoms with Gasteiger partial charge in [0.15, 0.2) is 0 Å². The Morgan fingerprint density at radius 2 is 1.32 bits per heavy atom. The number of hydrogen-bond acceptors (Lipinski definition) is 2. The van der Waals surface area contributed by atoms with Crippen molar-refractivity contribution in [3.05, 3.63) is 90.0 Å². The van der Waals surface area contributed by atoms with Gasteiger partial charge in [0.05, 0.1) is 0 Å². The van der Waals surface area contributed by atoms with E-state index in [1.807, 2.05) is 24.3 Å². The molecule has 4 aromatic carbocycles. The van der Waals surface area contributed by atoms with Gasteiger partial charge in [-0.2, -0.15) is 0 Å². The van der Waals surface area contributed by atoms with Crippen LogP contribution in [-0.2, 0) is 5.41 Å². The fraction of sp³-hybridized carbons (Fsp3) is 0.120.